The summed E-state index contributed by atoms with van der Waals surface area (Å²) in [5, 5.41) is 8.31. The van der Waals surface area contributed by atoms with Gasteiger partial charge in [0, 0.05) is 13.1 Å². The fraction of sp³-hybridized carbons (Fsp3) is 0.500. The molecule has 116 valence electrons. The van der Waals surface area contributed by atoms with E-state index in [1.807, 2.05) is 0 Å². The molecule has 2 heterocycles. The van der Waals surface area contributed by atoms with Crippen molar-refractivity contribution in [1.82, 2.24) is 4.31 Å². The molecule has 1 aromatic rings. The van der Waals surface area contributed by atoms with Gasteiger partial charge in [-0.1, -0.05) is 6.92 Å². The molecule has 1 fully saturated rings. The number of methoxy groups -OCH3 is 1. The Hall–Kier alpha value is -1.87. The van der Waals surface area contributed by atoms with E-state index < -0.39 is 38.7 Å². The lowest BCUT2D eigenvalue weighted by molar-refractivity contribution is -0.145. The van der Waals surface area contributed by atoms with Crippen molar-refractivity contribution in [2.45, 2.75) is 12.0 Å². The molecule has 1 saturated heterocycles. The van der Waals surface area contributed by atoms with Gasteiger partial charge in [-0.25, -0.2) is 13.2 Å². The minimum absolute atomic E-state index is 0.0146. The number of nitrogens with zero attached hydrogens (tertiary/aromatic N) is 1. The molecule has 1 N–H and O–H groups in total. The first-order chi connectivity index (χ1) is 9.77. The van der Waals surface area contributed by atoms with Crippen LogP contribution in [0.4, 0.5) is 0 Å². The quantitative estimate of drug-likeness (QED) is 0.800. The van der Waals surface area contributed by atoms with Crippen molar-refractivity contribution in [1.29, 1.82) is 0 Å². The standard InChI is InChI=1S/C12H15NO7S/c1-7-5-13(6-8(7)12(16)19-2)21(17,18)10-4-3-9(20-10)11(14)15/h3-4,7-8H,5-6H2,1-2H3,(H,14,15). The average Bonchev–Trinajstić information content (AvgIpc) is 3.04. The van der Waals surface area contributed by atoms with Crippen LogP contribution < -0.4 is 0 Å². The fourth-order valence-corrected chi connectivity index (χ4v) is 3.76. The Morgan fingerprint density at radius 3 is 2.57 bits per heavy atom. The van der Waals surface area contributed by atoms with Crippen LogP contribution in [0.5, 0.6) is 0 Å². The largest absolute Gasteiger partial charge is 0.475 e. The Morgan fingerprint density at radius 1 is 1.38 bits per heavy atom. The van der Waals surface area contributed by atoms with Crippen LogP contribution in [0.1, 0.15) is 17.5 Å². The first kappa shape index (κ1) is 15.5. The number of sulfonamides is 1. The van der Waals surface area contributed by atoms with Crippen LogP contribution in [-0.4, -0.2) is 50.0 Å². The normalized spacial score (nSPS) is 23.1. The zero-order valence-corrected chi connectivity index (χ0v) is 12.3. The van der Waals surface area contributed by atoms with Crippen LogP contribution >= 0.6 is 0 Å². The summed E-state index contributed by atoms with van der Waals surface area (Å²) in [5.74, 6) is -3.00. The minimum Gasteiger partial charge on any atom is -0.475 e. The molecule has 0 spiro atoms. The molecule has 0 radical (unpaired) electrons. The van der Waals surface area contributed by atoms with Gasteiger partial charge in [-0.05, 0) is 18.1 Å². The number of rotatable bonds is 4. The second-order valence-corrected chi connectivity index (χ2v) is 6.72. The highest BCUT2D eigenvalue weighted by Gasteiger charge is 2.42. The molecule has 0 aliphatic carbocycles. The van der Waals surface area contributed by atoms with Crippen LogP contribution in [0.15, 0.2) is 21.6 Å². The van der Waals surface area contributed by atoms with Crippen LogP contribution in [0, 0.1) is 11.8 Å². The topological polar surface area (TPSA) is 114 Å². The minimum atomic E-state index is -3.96. The maximum atomic E-state index is 12.4. The van der Waals surface area contributed by atoms with Crippen LogP contribution in [0.25, 0.3) is 0 Å². The lowest BCUT2D eigenvalue weighted by Crippen LogP contribution is -2.30. The molecule has 1 aromatic heterocycles. The van der Waals surface area contributed by atoms with E-state index in [-0.39, 0.29) is 19.0 Å². The molecule has 2 rings (SSSR count). The third-order valence-corrected chi connectivity index (χ3v) is 5.17. The third-order valence-electron chi connectivity index (χ3n) is 3.47. The van der Waals surface area contributed by atoms with Gasteiger partial charge in [0.15, 0.2) is 0 Å². The number of carboxylic acids is 1. The number of aromatic carboxylic acids is 1. The predicted molar refractivity (Wildman–Crippen MR) is 69.1 cm³/mol. The Balaban J connectivity index is 2.24. The van der Waals surface area contributed by atoms with Crippen molar-refractivity contribution in [3.8, 4) is 0 Å². The number of carbonyl (C=O) groups is 2. The Labute approximate surface area is 121 Å². The van der Waals surface area contributed by atoms with Crippen molar-refractivity contribution in [3.63, 3.8) is 0 Å². The summed E-state index contributed by atoms with van der Waals surface area (Å²) < 4.78 is 35.3. The number of hydrogen-bond acceptors (Lipinski definition) is 6. The molecule has 21 heavy (non-hydrogen) atoms. The Bertz CT molecular complexity index is 663. The molecule has 0 bridgehead atoms. The maximum Gasteiger partial charge on any atom is 0.371 e. The average molecular weight is 317 g/mol. The van der Waals surface area contributed by atoms with E-state index in [0.717, 1.165) is 16.4 Å². The van der Waals surface area contributed by atoms with Gasteiger partial charge < -0.3 is 14.3 Å². The van der Waals surface area contributed by atoms with Crippen LogP contribution in [0.2, 0.25) is 0 Å². The van der Waals surface area contributed by atoms with Gasteiger partial charge in [0.05, 0.1) is 13.0 Å². The molecule has 1 aliphatic heterocycles. The highest BCUT2D eigenvalue weighted by atomic mass is 32.2. The van der Waals surface area contributed by atoms with E-state index in [2.05, 4.69) is 4.74 Å². The van der Waals surface area contributed by atoms with E-state index in [1.54, 1.807) is 6.92 Å². The van der Waals surface area contributed by atoms with Crippen LogP contribution in [0.3, 0.4) is 0 Å². The number of carboxylic acid groups (broad SMARTS) is 1. The van der Waals surface area contributed by atoms with Gasteiger partial charge in [0.2, 0.25) is 10.9 Å². The van der Waals surface area contributed by atoms with E-state index in [0.29, 0.717) is 0 Å². The van der Waals surface area contributed by atoms with E-state index in [4.69, 9.17) is 9.52 Å². The molecular weight excluding hydrogens is 302 g/mol. The third kappa shape index (κ3) is 2.79. The highest BCUT2D eigenvalue weighted by molar-refractivity contribution is 7.89. The number of esters is 1. The summed E-state index contributed by atoms with van der Waals surface area (Å²) in [4.78, 5) is 22.3. The molecular formula is C12H15NO7S. The second-order valence-electron chi connectivity index (χ2n) is 4.85. The Kier molecular flexibility index (Phi) is 4.06. The maximum absolute atomic E-state index is 12.4. The molecule has 1 aliphatic rings. The van der Waals surface area contributed by atoms with Gasteiger partial charge in [-0.2, -0.15) is 4.31 Å². The molecule has 0 amide bonds. The highest BCUT2D eigenvalue weighted by Crippen LogP contribution is 2.29. The van der Waals surface area contributed by atoms with E-state index in [9.17, 15) is 18.0 Å². The van der Waals surface area contributed by atoms with Gasteiger partial charge in [0.1, 0.15) is 0 Å². The summed E-state index contributed by atoms with van der Waals surface area (Å²) in [5.41, 5.74) is 0. The zero-order valence-electron chi connectivity index (χ0n) is 11.5. The number of hydrogen-bond donors (Lipinski definition) is 1. The summed E-state index contributed by atoms with van der Waals surface area (Å²) in [7, 11) is -2.72. The molecule has 8 nitrogen and oxygen atoms in total. The number of furan rings is 1. The smallest absolute Gasteiger partial charge is 0.371 e. The van der Waals surface area contributed by atoms with Crippen molar-refractivity contribution in [2.24, 2.45) is 11.8 Å². The van der Waals surface area contributed by atoms with Gasteiger partial charge in [-0.15, -0.1) is 0 Å². The number of carbonyl (C=O) groups excluding carboxylic acids is 1. The number of ether oxygens (including phenoxy) is 1. The second kappa shape index (κ2) is 5.49. The van der Waals surface area contributed by atoms with Crippen LogP contribution in [-0.2, 0) is 19.6 Å². The van der Waals surface area contributed by atoms with Crippen molar-refractivity contribution in [2.75, 3.05) is 20.2 Å². The fourth-order valence-electron chi connectivity index (χ4n) is 2.28. The van der Waals surface area contributed by atoms with Crippen molar-refractivity contribution >= 4 is 22.0 Å². The summed E-state index contributed by atoms with van der Waals surface area (Å²) >= 11 is 0. The SMILES string of the molecule is COC(=O)C1CN(S(=O)(=O)c2ccc(C(=O)O)o2)CC1C. The molecule has 2 atom stereocenters. The molecule has 2 unspecified atom stereocenters. The summed E-state index contributed by atoms with van der Waals surface area (Å²) in [6.45, 7) is 1.88. The van der Waals surface area contributed by atoms with Gasteiger partial charge in [0.25, 0.3) is 10.0 Å². The van der Waals surface area contributed by atoms with Crippen molar-refractivity contribution in [3.05, 3.63) is 17.9 Å². The van der Waals surface area contributed by atoms with Gasteiger partial charge in [-0.3, -0.25) is 4.79 Å². The van der Waals surface area contributed by atoms with Gasteiger partial charge >= 0.3 is 11.9 Å². The zero-order chi connectivity index (χ0) is 15.8. The first-order valence-corrected chi connectivity index (χ1v) is 7.62. The molecule has 0 aromatic carbocycles. The van der Waals surface area contributed by atoms with Crippen molar-refractivity contribution < 1.29 is 32.3 Å². The first-order valence-electron chi connectivity index (χ1n) is 6.18. The Morgan fingerprint density at radius 2 is 2.05 bits per heavy atom. The van der Waals surface area contributed by atoms with E-state index in [1.165, 1.54) is 7.11 Å². The monoisotopic (exact) mass is 317 g/mol. The molecule has 0 saturated carbocycles. The lowest BCUT2D eigenvalue weighted by atomic mass is 9.99. The predicted octanol–water partition coefficient (Wildman–Crippen LogP) is 0.407. The summed E-state index contributed by atoms with van der Waals surface area (Å²) in [6.07, 6.45) is 0. The lowest BCUT2D eigenvalue weighted by Gasteiger charge is -2.13. The molecule has 9 heteroatoms. The summed E-state index contributed by atoms with van der Waals surface area (Å²) in [6, 6.07) is 2.17. The van der Waals surface area contributed by atoms with E-state index >= 15 is 0 Å².